The number of rotatable bonds is 6. The molecular weight excluding hydrogens is 354 g/mol. The lowest BCUT2D eigenvalue weighted by Gasteiger charge is -2.41. The number of morpholine rings is 1. The van der Waals surface area contributed by atoms with Crippen molar-refractivity contribution in [3.8, 4) is 5.75 Å². The molecule has 1 aromatic rings. The third-order valence-corrected chi connectivity index (χ3v) is 6.31. The van der Waals surface area contributed by atoms with Gasteiger partial charge in [0.15, 0.2) is 0 Å². The van der Waals surface area contributed by atoms with E-state index < -0.39 is 0 Å². The lowest BCUT2D eigenvalue weighted by atomic mass is 9.90. The van der Waals surface area contributed by atoms with Gasteiger partial charge in [0.25, 0.3) is 0 Å². The number of nitrogens with one attached hydrogen (secondary N) is 1. The SMILES string of the molecule is Cc1cc(OC2CCN(C3CCC3)CC2)ccc1NC(=O)CN1CCOCC1. The summed E-state index contributed by atoms with van der Waals surface area (Å²) >= 11 is 0. The van der Waals surface area contributed by atoms with Crippen molar-refractivity contribution < 1.29 is 14.3 Å². The Hall–Kier alpha value is -1.63. The van der Waals surface area contributed by atoms with E-state index in [1.165, 1.54) is 19.3 Å². The normalized spacial score (nSPS) is 22.6. The minimum absolute atomic E-state index is 0.0297. The van der Waals surface area contributed by atoms with Gasteiger partial charge in [-0.25, -0.2) is 0 Å². The van der Waals surface area contributed by atoms with Crippen molar-refractivity contribution in [2.24, 2.45) is 0 Å². The van der Waals surface area contributed by atoms with Crippen molar-refractivity contribution in [3.05, 3.63) is 23.8 Å². The minimum Gasteiger partial charge on any atom is -0.490 e. The van der Waals surface area contributed by atoms with Gasteiger partial charge < -0.3 is 19.7 Å². The van der Waals surface area contributed by atoms with Gasteiger partial charge in [0.2, 0.25) is 5.91 Å². The molecule has 0 atom stereocenters. The summed E-state index contributed by atoms with van der Waals surface area (Å²) in [6.07, 6.45) is 6.67. The molecule has 2 aliphatic heterocycles. The van der Waals surface area contributed by atoms with E-state index in [4.69, 9.17) is 9.47 Å². The fourth-order valence-corrected chi connectivity index (χ4v) is 4.30. The van der Waals surface area contributed by atoms with Crippen molar-refractivity contribution in [3.63, 3.8) is 0 Å². The molecule has 28 heavy (non-hydrogen) atoms. The number of aryl methyl sites for hydroxylation is 1. The van der Waals surface area contributed by atoms with Crippen LogP contribution in [0, 0.1) is 6.92 Å². The van der Waals surface area contributed by atoms with Crippen LogP contribution in [0.1, 0.15) is 37.7 Å². The summed E-state index contributed by atoms with van der Waals surface area (Å²) in [7, 11) is 0. The number of carbonyl (C=O) groups is 1. The zero-order valence-electron chi connectivity index (χ0n) is 17.0. The summed E-state index contributed by atoms with van der Waals surface area (Å²) in [5, 5.41) is 3.04. The van der Waals surface area contributed by atoms with E-state index in [1.807, 2.05) is 25.1 Å². The average molecular weight is 388 g/mol. The van der Waals surface area contributed by atoms with E-state index in [2.05, 4.69) is 15.1 Å². The molecule has 3 aliphatic rings. The van der Waals surface area contributed by atoms with Gasteiger partial charge in [0.05, 0.1) is 19.8 Å². The molecule has 154 valence electrons. The average Bonchev–Trinajstić information content (AvgIpc) is 2.65. The zero-order valence-corrected chi connectivity index (χ0v) is 17.0. The lowest BCUT2D eigenvalue weighted by Crippen LogP contribution is -2.46. The van der Waals surface area contributed by atoms with Crippen LogP contribution in [0.15, 0.2) is 18.2 Å². The van der Waals surface area contributed by atoms with Crippen LogP contribution in [0.4, 0.5) is 5.69 Å². The highest BCUT2D eigenvalue weighted by Crippen LogP contribution is 2.29. The Morgan fingerprint density at radius 2 is 1.89 bits per heavy atom. The molecule has 0 radical (unpaired) electrons. The molecule has 2 heterocycles. The molecule has 1 amide bonds. The second-order valence-electron chi connectivity index (χ2n) is 8.35. The molecule has 6 heteroatoms. The Balaban J connectivity index is 1.25. The first-order valence-electron chi connectivity index (χ1n) is 10.8. The van der Waals surface area contributed by atoms with Crippen LogP contribution in [0.5, 0.6) is 5.75 Å². The molecule has 2 saturated heterocycles. The third kappa shape index (κ3) is 5.04. The summed E-state index contributed by atoms with van der Waals surface area (Å²) in [6, 6.07) is 6.83. The molecule has 1 N–H and O–H groups in total. The Kier molecular flexibility index (Phi) is 6.50. The molecule has 0 bridgehead atoms. The quantitative estimate of drug-likeness (QED) is 0.813. The van der Waals surface area contributed by atoms with E-state index >= 15 is 0 Å². The number of carbonyl (C=O) groups excluding carboxylic acids is 1. The zero-order chi connectivity index (χ0) is 19.3. The maximum atomic E-state index is 12.3. The Labute approximate surface area is 168 Å². The fraction of sp³-hybridized carbons (Fsp3) is 0.682. The molecule has 1 saturated carbocycles. The van der Waals surface area contributed by atoms with Gasteiger partial charge in [-0.2, -0.15) is 0 Å². The summed E-state index contributed by atoms with van der Waals surface area (Å²) < 4.78 is 11.6. The maximum absolute atomic E-state index is 12.3. The fourth-order valence-electron chi connectivity index (χ4n) is 4.30. The van der Waals surface area contributed by atoms with Crippen LogP contribution >= 0.6 is 0 Å². The highest BCUT2D eigenvalue weighted by Gasteiger charge is 2.29. The second kappa shape index (κ2) is 9.25. The Morgan fingerprint density at radius 1 is 1.14 bits per heavy atom. The molecule has 0 unspecified atom stereocenters. The van der Waals surface area contributed by atoms with Crippen LogP contribution < -0.4 is 10.1 Å². The number of likely N-dealkylation sites (tertiary alicyclic amines) is 1. The molecule has 0 aromatic heterocycles. The maximum Gasteiger partial charge on any atom is 0.238 e. The second-order valence-corrected chi connectivity index (χ2v) is 8.35. The monoisotopic (exact) mass is 387 g/mol. The number of anilines is 1. The van der Waals surface area contributed by atoms with Crippen LogP contribution in [0.25, 0.3) is 0 Å². The number of ether oxygens (including phenoxy) is 2. The van der Waals surface area contributed by atoms with Gasteiger partial charge in [0.1, 0.15) is 11.9 Å². The van der Waals surface area contributed by atoms with Crippen LogP contribution in [0.3, 0.4) is 0 Å². The van der Waals surface area contributed by atoms with Gasteiger partial charge in [-0.1, -0.05) is 6.42 Å². The number of benzene rings is 1. The van der Waals surface area contributed by atoms with Crippen molar-refractivity contribution >= 4 is 11.6 Å². The predicted molar refractivity (Wildman–Crippen MR) is 110 cm³/mol. The number of hydrogen-bond donors (Lipinski definition) is 1. The summed E-state index contributed by atoms with van der Waals surface area (Å²) in [6.45, 7) is 7.80. The first kappa shape index (κ1) is 19.7. The van der Waals surface area contributed by atoms with Crippen molar-refractivity contribution in [1.29, 1.82) is 0 Å². The molecule has 1 aromatic carbocycles. The van der Waals surface area contributed by atoms with Gasteiger partial charge in [-0.05, 0) is 56.4 Å². The van der Waals surface area contributed by atoms with Gasteiger partial charge in [-0.3, -0.25) is 9.69 Å². The highest BCUT2D eigenvalue weighted by molar-refractivity contribution is 5.93. The first-order chi connectivity index (χ1) is 13.7. The molecular formula is C22H33N3O3. The largest absolute Gasteiger partial charge is 0.490 e. The smallest absolute Gasteiger partial charge is 0.238 e. The van der Waals surface area contributed by atoms with Crippen LogP contribution in [-0.4, -0.2) is 73.8 Å². The predicted octanol–water partition coefficient (Wildman–Crippen LogP) is 2.66. The van der Waals surface area contributed by atoms with Crippen LogP contribution in [0.2, 0.25) is 0 Å². The number of piperidine rings is 1. The van der Waals surface area contributed by atoms with Crippen LogP contribution in [-0.2, 0) is 9.53 Å². The molecule has 0 spiro atoms. The standard InChI is InChI=1S/C22H33N3O3/c1-17-15-20(28-19-7-9-25(10-8-19)18-3-2-4-18)5-6-21(17)23-22(26)16-24-11-13-27-14-12-24/h5-6,15,18-19H,2-4,7-14,16H2,1H3,(H,23,26). The van der Waals surface area contributed by atoms with E-state index in [-0.39, 0.29) is 5.91 Å². The lowest BCUT2D eigenvalue weighted by molar-refractivity contribution is -0.118. The first-order valence-corrected chi connectivity index (χ1v) is 10.8. The van der Waals surface area contributed by atoms with Gasteiger partial charge >= 0.3 is 0 Å². The molecule has 6 nitrogen and oxygen atoms in total. The van der Waals surface area contributed by atoms with E-state index in [0.717, 1.165) is 62.1 Å². The summed E-state index contributed by atoms with van der Waals surface area (Å²) in [4.78, 5) is 17.1. The molecule has 1 aliphatic carbocycles. The van der Waals surface area contributed by atoms with E-state index in [9.17, 15) is 4.79 Å². The summed E-state index contributed by atoms with van der Waals surface area (Å²) in [5.74, 6) is 0.938. The molecule has 4 rings (SSSR count). The highest BCUT2D eigenvalue weighted by atomic mass is 16.5. The van der Waals surface area contributed by atoms with E-state index in [0.29, 0.717) is 25.9 Å². The van der Waals surface area contributed by atoms with Crippen molar-refractivity contribution in [2.45, 2.75) is 51.2 Å². The third-order valence-electron chi connectivity index (χ3n) is 6.31. The van der Waals surface area contributed by atoms with Crippen molar-refractivity contribution in [1.82, 2.24) is 9.80 Å². The van der Waals surface area contributed by atoms with E-state index in [1.54, 1.807) is 0 Å². The molecule has 3 fully saturated rings. The van der Waals surface area contributed by atoms with Crippen molar-refractivity contribution in [2.75, 3.05) is 51.3 Å². The minimum atomic E-state index is 0.0297. The number of amides is 1. The van der Waals surface area contributed by atoms with Gasteiger partial charge in [-0.15, -0.1) is 0 Å². The topological polar surface area (TPSA) is 54.0 Å². The summed E-state index contributed by atoms with van der Waals surface area (Å²) in [5.41, 5.74) is 1.91. The van der Waals surface area contributed by atoms with Gasteiger partial charge in [0, 0.05) is 37.9 Å². The number of hydrogen-bond acceptors (Lipinski definition) is 5. The number of nitrogens with zero attached hydrogens (tertiary/aromatic N) is 2. The Bertz CT molecular complexity index is 663. The Morgan fingerprint density at radius 3 is 2.54 bits per heavy atom.